The molecule has 3 aliphatic carbocycles. The third-order valence-corrected chi connectivity index (χ3v) is 9.21. The van der Waals surface area contributed by atoms with E-state index in [9.17, 15) is 37.1 Å². The van der Waals surface area contributed by atoms with Crippen LogP contribution in [0.2, 0.25) is 0 Å². The monoisotopic (exact) mass is 539 g/mol. The van der Waals surface area contributed by atoms with E-state index >= 15 is 0 Å². The van der Waals surface area contributed by atoms with Gasteiger partial charge in [0.2, 0.25) is 23.6 Å². The van der Waals surface area contributed by atoms with Gasteiger partial charge < -0.3 is 26.6 Å². The van der Waals surface area contributed by atoms with Gasteiger partial charge >= 0.3 is 12.1 Å². The minimum absolute atomic E-state index is 0.00548. The van der Waals surface area contributed by atoms with E-state index in [1.807, 2.05) is 17.5 Å². The Hall–Kier alpha value is -3.12. The van der Waals surface area contributed by atoms with Gasteiger partial charge in [0.15, 0.2) is 0 Å². The molecule has 1 unspecified atom stereocenters. The molecule has 0 aromatic heterocycles. The maximum Gasteiger partial charge on any atom is 0.471 e. The van der Waals surface area contributed by atoms with E-state index < -0.39 is 59.3 Å². The zero-order valence-electron chi connectivity index (χ0n) is 20.9. The van der Waals surface area contributed by atoms with Crippen molar-refractivity contribution >= 4 is 29.5 Å². The van der Waals surface area contributed by atoms with Gasteiger partial charge in [-0.1, -0.05) is 19.1 Å². The highest BCUT2D eigenvalue weighted by atomic mass is 19.4. The first-order chi connectivity index (χ1) is 17.8. The Labute approximate surface area is 217 Å². The Morgan fingerprint density at radius 3 is 2.45 bits per heavy atom. The molecule has 0 spiro atoms. The van der Waals surface area contributed by atoms with Crippen molar-refractivity contribution in [1.82, 2.24) is 20.9 Å². The average molecular weight is 540 g/mol. The number of halogens is 3. The summed E-state index contributed by atoms with van der Waals surface area (Å²) in [6, 6.07) is -3.63. The van der Waals surface area contributed by atoms with Crippen molar-refractivity contribution in [2.45, 2.75) is 63.3 Å². The summed E-state index contributed by atoms with van der Waals surface area (Å²) in [4.78, 5) is 64.9. The summed E-state index contributed by atoms with van der Waals surface area (Å²) < 4.78 is 39.3. The second-order valence-corrected chi connectivity index (χ2v) is 11.7. The van der Waals surface area contributed by atoms with Gasteiger partial charge in [-0.05, 0) is 61.2 Å². The lowest BCUT2D eigenvalue weighted by Crippen LogP contribution is -2.60. The number of likely N-dealkylation sites (tertiary alicyclic amines) is 1. The number of hydrogen-bond donors (Lipinski definition) is 4. The highest BCUT2D eigenvalue weighted by Crippen LogP contribution is 2.55. The lowest BCUT2D eigenvalue weighted by atomic mass is 9.81. The first-order valence-corrected chi connectivity index (χ1v) is 13.0. The molecule has 5 aliphatic rings. The van der Waals surface area contributed by atoms with E-state index in [1.54, 1.807) is 6.92 Å². The van der Waals surface area contributed by atoms with Crippen molar-refractivity contribution in [3.63, 3.8) is 0 Å². The zero-order chi connectivity index (χ0) is 27.6. The van der Waals surface area contributed by atoms with Crippen LogP contribution in [0.5, 0.6) is 0 Å². The normalized spacial score (nSPS) is 33.9. The number of hydrogen-bond acceptors (Lipinski definition) is 5. The minimum atomic E-state index is -5.16. The molecule has 0 radical (unpaired) electrons. The molecule has 4 fully saturated rings. The van der Waals surface area contributed by atoms with Crippen molar-refractivity contribution in [2.24, 2.45) is 40.7 Å². The number of carbonyl (C=O) groups excluding carboxylic acids is 5. The van der Waals surface area contributed by atoms with Crippen molar-refractivity contribution in [3.05, 3.63) is 12.2 Å². The molecule has 2 saturated heterocycles. The molecule has 2 heterocycles. The zero-order valence-corrected chi connectivity index (χ0v) is 20.9. The Kier molecular flexibility index (Phi) is 6.46. The molecule has 5 amide bonds. The number of fused-ring (bicyclic) bond motifs is 5. The Balaban J connectivity index is 1.40. The van der Waals surface area contributed by atoms with Crippen molar-refractivity contribution in [3.8, 4) is 0 Å². The lowest BCUT2D eigenvalue weighted by Gasteiger charge is -2.34. The van der Waals surface area contributed by atoms with E-state index in [1.165, 1.54) is 4.90 Å². The predicted molar refractivity (Wildman–Crippen MR) is 125 cm³/mol. The molecule has 2 bridgehead atoms. The minimum Gasteiger partial charge on any atom is -0.368 e. The van der Waals surface area contributed by atoms with E-state index in [0.717, 1.165) is 6.42 Å². The molecular weight excluding hydrogens is 507 g/mol. The molecule has 5 N–H and O–H groups in total. The number of rotatable bonds is 8. The first kappa shape index (κ1) is 26.5. The number of nitrogens with one attached hydrogen (secondary N) is 3. The molecule has 0 aromatic rings. The van der Waals surface area contributed by atoms with Gasteiger partial charge in [-0.25, -0.2) is 0 Å². The number of nitrogens with zero attached hydrogens (tertiary/aromatic N) is 1. The fourth-order valence-electron chi connectivity index (χ4n) is 6.84. The first-order valence-electron chi connectivity index (χ1n) is 13.0. The molecule has 208 valence electrons. The van der Waals surface area contributed by atoms with E-state index in [-0.39, 0.29) is 42.5 Å². The van der Waals surface area contributed by atoms with Crippen molar-refractivity contribution < 1.29 is 37.1 Å². The molecule has 13 heteroatoms. The largest absolute Gasteiger partial charge is 0.471 e. The van der Waals surface area contributed by atoms with Gasteiger partial charge in [-0.2, -0.15) is 13.2 Å². The topological polar surface area (TPSA) is 151 Å². The molecule has 0 aromatic carbocycles. The van der Waals surface area contributed by atoms with Gasteiger partial charge in [-0.3, -0.25) is 24.0 Å². The molecule has 5 rings (SSSR count). The van der Waals surface area contributed by atoms with Crippen LogP contribution in [-0.2, 0) is 24.0 Å². The Morgan fingerprint density at radius 1 is 1.18 bits per heavy atom. The van der Waals surface area contributed by atoms with Gasteiger partial charge in [0.1, 0.15) is 18.1 Å². The van der Waals surface area contributed by atoms with Crippen LogP contribution in [0.4, 0.5) is 13.2 Å². The molecular formula is C25H32F3N5O5. The molecule has 2 saturated carbocycles. The number of nitrogens with two attached hydrogens (primary N) is 1. The number of allylic oxidation sites excluding steroid dienone is 2. The third kappa shape index (κ3) is 4.64. The quantitative estimate of drug-likeness (QED) is 0.320. The van der Waals surface area contributed by atoms with Crippen LogP contribution in [-0.4, -0.2) is 71.8 Å². The lowest BCUT2D eigenvalue weighted by molar-refractivity contribution is -0.175. The van der Waals surface area contributed by atoms with Crippen LogP contribution >= 0.6 is 0 Å². The fraction of sp³-hybridized carbons (Fsp3) is 0.720. The highest BCUT2D eigenvalue weighted by Gasteiger charge is 2.61. The smallest absolute Gasteiger partial charge is 0.368 e. The van der Waals surface area contributed by atoms with Gasteiger partial charge in [0.25, 0.3) is 0 Å². The maximum atomic E-state index is 13.8. The standard InChI is InChI=1S/C25H32F3N5O5/c1-24(5-6-24)18(32-23(38)25(26,27)28)22(37)33-10-14-11-2-3-12(8-11)16(14)17(33)21(36)31-15(19(29)34)9-13-4-7-30-20(13)35/h2-3,11-18H,4-10H2,1H3,(H2,29,34)(H,30,35)(H,31,36)(H,32,38)/t11-,12+,13+,14-,15+,16+,17+,18?/m1/s1. The summed E-state index contributed by atoms with van der Waals surface area (Å²) in [7, 11) is 0. The number of amides is 5. The predicted octanol–water partition coefficient (Wildman–Crippen LogP) is -0.0210. The Bertz CT molecular complexity index is 1090. The summed E-state index contributed by atoms with van der Waals surface area (Å²) in [6.45, 7) is 2.25. The SMILES string of the molecule is CC1(C(NC(=O)C(F)(F)F)C(=O)N2C[C@H]3[C@@H]([C@H]2C(=O)N[C@@H](C[C@@H]2CCNC2=O)C(N)=O)[C@H]2C=C[C@@H]3C2)CC1. The second-order valence-electron chi connectivity index (χ2n) is 11.7. The van der Waals surface area contributed by atoms with Crippen LogP contribution in [0.1, 0.15) is 39.0 Å². The molecule has 2 aliphatic heterocycles. The van der Waals surface area contributed by atoms with E-state index in [0.29, 0.717) is 25.8 Å². The average Bonchev–Trinajstić information content (AvgIpc) is 3.28. The van der Waals surface area contributed by atoms with Crippen LogP contribution in [0.15, 0.2) is 12.2 Å². The van der Waals surface area contributed by atoms with Crippen molar-refractivity contribution in [1.29, 1.82) is 0 Å². The van der Waals surface area contributed by atoms with Gasteiger partial charge in [-0.15, -0.1) is 0 Å². The maximum absolute atomic E-state index is 13.8. The van der Waals surface area contributed by atoms with E-state index in [4.69, 9.17) is 5.73 Å². The third-order valence-electron chi connectivity index (χ3n) is 9.21. The Morgan fingerprint density at radius 2 is 1.87 bits per heavy atom. The van der Waals surface area contributed by atoms with Crippen LogP contribution in [0, 0.1) is 35.0 Å². The van der Waals surface area contributed by atoms with Gasteiger partial charge in [0, 0.05) is 19.0 Å². The van der Waals surface area contributed by atoms with E-state index in [2.05, 4.69) is 10.6 Å². The number of carbonyl (C=O) groups is 5. The van der Waals surface area contributed by atoms with Crippen molar-refractivity contribution in [2.75, 3.05) is 13.1 Å². The second kappa shape index (κ2) is 9.26. The summed E-state index contributed by atoms with van der Waals surface area (Å²) in [5.41, 5.74) is 4.70. The van der Waals surface area contributed by atoms with Crippen LogP contribution < -0.4 is 21.7 Å². The van der Waals surface area contributed by atoms with Gasteiger partial charge in [0.05, 0.1) is 0 Å². The number of primary amides is 1. The highest BCUT2D eigenvalue weighted by molar-refractivity contribution is 5.96. The number of alkyl halides is 3. The summed E-state index contributed by atoms with van der Waals surface area (Å²) in [5, 5.41) is 7.21. The summed E-state index contributed by atoms with van der Waals surface area (Å²) in [6.07, 6.45) is 1.12. The molecule has 10 nitrogen and oxygen atoms in total. The molecule has 8 atom stereocenters. The summed E-state index contributed by atoms with van der Waals surface area (Å²) in [5.74, 6) is -5.32. The fourth-order valence-corrected chi connectivity index (χ4v) is 6.84. The molecule has 38 heavy (non-hydrogen) atoms. The van der Waals surface area contributed by atoms with Crippen LogP contribution in [0.3, 0.4) is 0 Å². The van der Waals surface area contributed by atoms with Crippen LogP contribution in [0.25, 0.3) is 0 Å². The summed E-state index contributed by atoms with van der Waals surface area (Å²) >= 11 is 0.